The van der Waals surface area contributed by atoms with Crippen molar-refractivity contribution in [1.82, 2.24) is 0 Å². The van der Waals surface area contributed by atoms with Crippen molar-refractivity contribution in [1.29, 1.82) is 0 Å². The highest BCUT2D eigenvalue weighted by atomic mass is 16.5. The first-order valence-corrected chi connectivity index (χ1v) is 5.84. The molecule has 4 N–H and O–H groups in total. The molecule has 0 bridgehead atoms. The Kier molecular flexibility index (Phi) is 3.99. The second-order valence-corrected chi connectivity index (χ2v) is 4.33. The van der Waals surface area contributed by atoms with Gasteiger partial charge >= 0.3 is 7.12 Å². The summed E-state index contributed by atoms with van der Waals surface area (Å²) < 4.78 is 5.53. The molecule has 5 nitrogen and oxygen atoms in total. The lowest BCUT2D eigenvalue weighted by atomic mass is 9.75. The SMILES string of the molecule is N/C=C(\C=NC1CC1)C1C=C(B(O)O)CCO1. The predicted octanol–water partition coefficient (Wildman–Crippen LogP) is -0.211. The Morgan fingerprint density at radius 3 is 2.88 bits per heavy atom. The van der Waals surface area contributed by atoms with Gasteiger partial charge in [-0.15, -0.1) is 0 Å². The van der Waals surface area contributed by atoms with E-state index in [1.165, 1.54) is 6.20 Å². The minimum Gasteiger partial charge on any atom is -0.423 e. The van der Waals surface area contributed by atoms with Crippen LogP contribution < -0.4 is 5.73 Å². The molecule has 1 fully saturated rings. The van der Waals surface area contributed by atoms with Crippen LogP contribution in [0, 0.1) is 0 Å². The largest absolute Gasteiger partial charge is 0.484 e. The van der Waals surface area contributed by atoms with Crippen LogP contribution >= 0.6 is 0 Å². The van der Waals surface area contributed by atoms with Crippen LogP contribution in [0.4, 0.5) is 0 Å². The van der Waals surface area contributed by atoms with E-state index >= 15 is 0 Å². The Hall–Kier alpha value is -1.11. The first-order valence-electron chi connectivity index (χ1n) is 5.84. The normalized spacial score (nSPS) is 26.1. The van der Waals surface area contributed by atoms with E-state index in [-0.39, 0.29) is 6.10 Å². The molecule has 1 aliphatic heterocycles. The van der Waals surface area contributed by atoms with Crippen molar-refractivity contribution >= 4 is 13.3 Å². The number of rotatable bonds is 4. The molecule has 1 heterocycles. The first kappa shape index (κ1) is 12.4. The summed E-state index contributed by atoms with van der Waals surface area (Å²) in [7, 11) is -1.42. The lowest BCUT2D eigenvalue weighted by molar-refractivity contribution is 0.104. The number of hydrogen-bond acceptors (Lipinski definition) is 5. The van der Waals surface area contributed by atoms with Gasteiger partial charge in [0.1, 0.15) is 6.10 Å². The Balaban J connectivity index is 2.05. The fourth-order valence-electron chi connectivity index (χ4n) is 1.66. The predicted molar refractivity (Wildman–Crippen MR) is 66.4 cm³/mol. The molecule has 0 aromatic rings. The highest BCUT2D eigenvalue weighted by molar-refractivity contribution is 6.50. The standard InChI is InChI=1S/C11H17BN2O3/c13-6-8(7-14-10-1-2-10)11-5-9(12(15)16)3-4-17-11/h5-7,10-11,15-16H,1-4,13H2/b8-6+,14-7?. The maximum Gasteiger partial charge on any atom is 0.484 e. The minimum atomic E-state index is -1.42. The van der Waals surface area contributed by atoms with Gasteiger partial charge in [-0.05, 0) is 24.7 Å². The van der Waals surface area contributed by atoms with Crippen LogP contribution in [0.5, 0.6) is 0 Å². The Labute approximate surface area is 101 Å². The van der Waals surface area contributed by atoms with Gasteiger partial charge in [-0.25, -0.2) is 0 Å². The second-order valence-electron chi connectivity index (χ2n) is 4.33. The zero-order valence-corrected chi connectivity index (χ0v) is 9.62. The van der Waals surface area contributed by atoms with E-state index in [0.717, 1.165) is 18.4 Å². The molecule has 0 aromatic carbocycles. The van der Waals surface area contributed by atoms with Gasteiger partial charge in [0.15, 0.2) is 0 Å². The number of aliphatic imine (C=N–C) groups is 1. The smallest absolute Gasteiger partial charge is 0.423 e. The average molecular weight is 236 g/mol. The Morgan fingerprint density at radius 2 is 2.29 bits per heavy atom. The van der Waals surface area contributed by atoms with Crippen LogP contribution in [0.25, 0.3) is 0 Å². The Bertz CT molecular complexity index is 362. The highest BCUT2D eigenvalue weighted by Crippen LogP contribution is 2.24. The molecule has 92 valence electrons. The van der Waals surface area contributed by atoms with E-state index < -0.39 is 7.12 Å². The topological polar surface area (TPSA) is 88.1 Å². The molecule has 0 radical (unpaired) electrons. The number of nitrogens with two attached hydrogens (primary N) is 1. The minimum absolute atomic E-state index is 0.326. The van der Waals surface area contributed by atoms with Crippen molar-refractivity contribution in [3.05, 3.63) is 23.3 Å². The van der Waals surface area contributed by atoms with E-state index in [9.17, 15) is 0 Å². The maximum atomic E-state index is 9.12. The van der Waals surface area contributed by atoms with E-state index in [1.807, 2.05) is 0 Å². The summed E-state index contributed by atoms with van der Waals surface area (Å²) in [5.41, 5.74) is 6.87. The summed E-state index contributed by atoms with van der Waals surface area (Å²) in [5.74, 6) is 0. The molecular weight excluding hydrogens is 219 g/mol. The third-order valence-corrected chi connectivity index (χ3v) is 2.89. The van der Waals surface area contributed by atoms with Gasteiger partial charge in [0, 0.05) is 18.0 Å². The van der Waals surface area contributed by atoms with Crippen LogP contribution in [0.2, 0.25) is 0 Å². The van der Waals surface area contributed by atoms with Gasteiger partial charge in [-0.3, -0.25) is 4.99 Å². The molecule has 1 unspecified atom stereocenters. The lowest BCUT2D eigenvalue weighted by Crippen LogP contribution is -2.27. The molecule has 2 aliphatic rings. The van der Waals surface area contributed by atoms with Crippen LogP contribution in [-0.4, -0.2) is 42.1 Å². The second kappa shape index (κ2) is 5.49. The van der Waals surface area contributed by atoms with E-state index in [4.69, 9.17) is 20.5 Å². The average Bonchev–Trinajstić information content (AvgIpc) is 3.14. The summed E-state index contributed by atoms with van der Waals surface area (Å²) in [6.07, 6.45) is 7.36. The molecular formula is C11H17BN2O3. The fraction of sp³-hybridized carbons (Fsp3) is 0.545. The zero-order chi connectivity index (χ0) is 12.3. The van der Waals surface area contributed by atoms with E-state index in [1.54, 1.807) is 12.3 Å². The monoisotopic (exact) mass is 236 g/mol. The van der Waals surface area contributed by atoms with E-state index in [0.29, 0.717) is 24.5 Å². The zero-order valence-electron chi connectivity index (χ0n) is 9.62. The van der Waals surface area contributed by atoms with Gasteiger partial charge in [0.25, 0.3) is 0 Å². The van der Waals surface area contributed by atoms with Crippen LogP contribution in [0.15, 0.2) is 28.3 Å². The third-order valence-electron chi connectivity index (χ3n) is 2.89. The summed E-state index contributed by atoms with van der Waals surface area (Å²) in [4.78, 5) is 4.34. The number of hydrogen-bond donors (Lipinski definition) is 3. The molecule has 0 aromatic heterocycles. The van der Waals surface area contributed by atoms with E-state index in [2.05, 4.69) is 4.99 Å². The van der Waals surface area contributed by atoms with Gasteiger partial charge in [-0.2, -0.15) is 0 Å². The molecule has 6 heteroatoms. The number of ether oxygens (including phenoxy) is 1. The summed E-state index contributed by atoms with van der Waals surface area (Å²) in [6.45, 7) is 0.461. The van der Waals surface area contributed by atoms with Crippen LogP contribution in [-0.2, 0) is 4.74 Å². The molecule has 0 amide bonds. The van der Waals surface area contributed by atoms with Crippen molar-refractivity contribution in [3.63, 3.8) is 0 Å². The fourth-order valence-corrected chi connectivity index (χ4v) is 1.66. The van der Waals surface area contributed by atoms with Crippen molar-refractivity contribution in [2.45, 2.75) is 31.4 Å². The van der Waals surface area contributed by atoms with Crippen molar-refractivity contribution < 1.29 is 14.8 Å². The van der Waals surface area contributed by atoms with Crippen LogP contribution in [0.1, 0.15) is 19.3 Å². The quantitative estimate of drug-likeness (QED) is 0.465. The molecule has 1 saturated carbocycles. The van der Waals surface area contributed by atoms with Crippen molar-refractivity contribution in [2.75, 3.05) is 6.61 Å². The van der Waals surface area contributed by atoms with Crippen molar-refractivity contribution in [3.8, 4) is 0 Å². The van der Waals surface area contributed by atoms with Gasteiger partial charge in [0.05, 0.1) is 12.6 Å². The molecule has 1 aliphatic carbocycles. The highest BCUT2D eigenvalue weighted by Gasteiger charge is 2.24. The maximum absolute atomic E-state index is 9.12. The van der Waals surface area contributed by atoms with Crippen LogP contribution in [0.3, 0.4) is 0 Å². The summed E-state index contributed by atoms with van der Waals surface area (Å²) in [6, 6.07) is 0.431. The van der Waals surface area contributed by atoms with Gasteiger partial charge in [-0.1, -0.05) is 6.08 Å². The lowest BCUT2D eigenvalue weighted by Gasteiger charge is -2.22. The summed E-state index contributed by atoms with van der Waals surface area (Å²) >= 11 is 0. The van der Waals surface area contributed by atoms with Crippen molar-refractivity contribution in [2.24, 2.45) is 10.7 Å². The molecule has 2 rings (SSSR count). The first-order chi connectivity index (χ1) is 8.20. The number of nitrogens with zero attached hydrogens (tertiary/aromatic N) is 1. The molecule has 1 atom stereocenters. The molecule has 17 heavy (non-hydrogen) atoms. The van der Waals surface area contributed by atoms with Gasteiger partial charge < -0.3 is 20.5 Å². The summed E-state index contributed by atoms with van der Waals surface area (Å²) in [5, 5.41) is 18.2. The molecule has 0 spiro atoms. The third kappa shape index (κ3) is 3.42. The van der Waals surface area contributed by atoms with Gasteiger partial charge in [0.2, 0.25) is 0 Å². The molecule has 0 saturated heterocycles. The Morgan fingerprint density at radius 1 is 1.53 bits per heavy atom.